The van der Waals surface area contributed by atoms with Crippen molar-refractivity contribution >= 4 is 0 Å². The highest BCUT2D eigenvalue weighted by molar-refractivity contribution is 5.62. The molecule has 2 rings (SSSR count). The summed E-state index contributed by atoms with van der Waals surface area (Å²) in [5, 5.41) is 0. The molecule has 0 aliphatic heterocycles. The molecule has 0 radical (unpaired) electrons. The second-order valence-electron chi connectivity index (χ2n) is 6.68. The van der Waals surface area contributed by atoms with Crippen LogP contribution in [0.15, 0.2) is 30.5 Å². The maximum atomic E-state index is 13.6. The molecule has 0 amide bonds. The van der Waals surface area contributed by atoms with Crippen molar-refractivity contribution in [2.24, 2.45) is 7.05 Å². The van der Waals surface area contributed by atoms with E-state index >= 15 is 0 Å². The molecule has 1 aromatic heterocycles. The Morgan fingerprint density at radius 2 is 1.91 bits per heavy atom. The lowest BCUT2D eigenvalue weighted by Gasteiger charge is -2.24. The fraction of sp³-hybridized carbons (Fsp3) is 0.450. The second-order valence-corrected chi connectivity index (χ2v) is 6.68. The zero-order valence-corrected chi connectivity index (χ0v) is 13.7. The van der Waals surface area contributed by atoms with Crippen molar-refractivity contribution in [3.8, 4) is 11.3 Å². The molecule has 1 nitrogen and oxygen atoms in total. The van der Waals surface area contributed by atoms with Crippen LogP contribution in [0.3, 0.4) is 0 Å². The van der Waals surface area contributed by atoms with Gasteiger partial charge in [0.2, 0.25) is 5.69 Å². The molecule has 1 aromatic carbocycles. The zero-order valence-electron chi connectivity index (χ0n) is 20.7. The lowest BCUT2D eigenvalue weighted by Crippen LogP contribution is -2.34. The summed E-state index contributed by atoms with van der Waals surface area (Å²) in [4.78, 5) is 0. The van der Waals surface area contributed by atoms with Crippen LogP contribution >= 0.6 is 0 Å². The molecule has 118 valence electrons. The smallest absolute Gasteiger partial charge is 0.207 e. The quantitative estimate of drug-likeness (QED) is 0.684. The molecule has 0 saturated carbocycles. The number of benzene rings is 1. The third kappa shape index (κ3) is 3.21. The Labute approximate surface area is 143 Å². The number of aromatic nitrogens is 1. The van der Waals surface area contributed by atoms with Crippen LogP contribution in [0.4, 0.5) is 4.39 Å². The van der Waals surface area contributed by atoms with Crippen LogP contribution in [-0.4, -0.2) is 0 Å². The Kier molecular flexibility index (Phi) is 2.50. The predicted molar refractivity (Wildman–Crippen MR) is 90.5 cm³/mol. The first-order valence-electron chi connectivity index (χ1n) is 10.7. The van der Waals surface area contributed by atoms with E-state index in [0.29, 0.717) is 16.8 Å². The Morgan fingerprint density at radius 1 is 1.23 bits per heavy atom. The summed E-state index contributed by atoms with van der Waals surface area (Å²) in [6.07, 6.45) is 1.42. The van der Waals surface area contributed by atoms with E-state index in [-0.39, 0.29) is 11.4 Å². The van der Waals surface area contributed by atoms with E-state index in [1.807, 2.05) is 20.8 Å². The van der Waals surface area contributed by atoms with Crippen LogP contribution in [0.1, 0.15) is 66.7 Å². The first kappa shape index (κ1) is 9.44. The highest BCUT2D eigenvalue weighted by Crippen LogP contribution is 2.33. The normalized spacial score (nSPS) is 18.4. The van der Waals surface area contributed by atoms with Crippen LogP contribution in [0.2, 0.25) is 0 Å². The Hall–Kier alpha value is -1.70. The minimum Gasteiger partial charge on any atom is -0.207 e. The van der Waals surface area contributed by atoms with Crippen LogP contribution in [-0.2, 0) is 12.5 Å². The molecule has 0 atom stereocenters. The minimum atomic E-state index is -3.07. The highest BCUT2D eigenvalue weighted by Gasteiger charge is 2.25. The molecule has 0 bridgehead atoms. The average Bonchev–Trinajstić information content (AvgIpc) is 2.51. The Bertz CT molecular complexity index is 910. The molecule has 0 spiro atoms. The van der Waals surface area contributed by atoms with Crippen LogP contribution in [0.5, 0.6) is 0 Å². The summed E-state index contributed by atoms with van der Waals surface area (Å²) in [7, 11) is 1.66. The summed E-state index contributed by atoms with van der Waals surface area (Å²) in [5.74, 6) is -3.16. The minimum absolute atomic E-state index is 0.0592. The van der Waals surface area contributed by atoms with Crippen molar-refractivity contribution in [1.29, 1.82) is 0 Å². The van der Waals surface area contributed by atoms with Crippen LogP contribution in [0.25, 0.3) is 11.3 Å². The fourth-order valence-electron chi connectivity index (χ4n) is 2.65. The zero-order chi connectivity index (χ0) is 22.6. The number of aryl methyl sites for hydroxylation is 2. The highest BCUT2D eigenvalue weighted by atomic mass is 19.1. The number of hydrogen-bond donors (Lipinski definition) is 0. The van der Waals surface area contributed by atoms with Crippen molar-refractivity contribution in [3.05, 3.63) is 53.0 Å². The molecule has 0 aliphatic carbocycles. The van der Waals surface area contributed by atoms with Crippen molar-refractivity contribution in [2.75, 3.05) is 0 Å². The van der Waals surface area contributed by atoms with Gasteiger partial charge in [0.25, 0.3) is 0 Å². The molecule has 0 N–H and O–H groups in total. The maximum absolute atomic E-state index is 13.6. The Balaban J connectivity index is 2.94. The van der Waals surface area contributed by atoms with E-state index in [0.717, 1.165) is 5.56 Å². The molecule has 1 heterocycles. The third-order valence-electron chi connectivity index (χ3n) is 3.82. The van der Waals surface area contributed by atoms with Gasteiger partial charge in [0.15, 0.2) is 6.20 Å². The largest absolute Gasteiger partial charge is 0.212 e. The van der Waals surface area contributed by atoms with Crippen LogP contribution in [0, 0.1) is 12.7 Å². The molecule has 2 aromatic rings. The molecule has 22 heavy (non-hydrogen) atoms. The van der Waals surface area contributed by atoms with E-state index in [4.69, 9.17) is 9.60 Å². The molecule has 0 aliphatic rings. The van der Waals surface area contributed by atoms with Gasteiger partial charge in [0.1, 0.15) is 12.9 Å². The van der Waals surface area contributed by atoms with Gasteiger partial charge < -0.3 is 0 Å². The van der Waals surface area contributed by atoms with E-state index in [1.54, 1.807) is 30.7 Å². The van der Waals surface area contributed by atoms with Gasteiger partial charge in [0, 0.05) is 26.8 Å². The van der Waals surface area contributed by atoms with E-state index in [1.165, 1.54) is 18.3 Å². The van der Waals surface area contributed by atoms with Crippen LogP contribution < -0.4 is 4.57 Å². The second kappa shape index (κ2) is 5.83. The standard InChI is InChI=1S/C20H27FN/c1-13(2)17-12-22(7)19(11-18(17)20(4,5)6)16-9-8-15(21)10-14(16)3/h8-13H,1-7H3/q+1/i1D3,2D3,13D. The fourth-order valence-corrected chi connectivity index (χ4v) is 2.65. The Morgan fingerprint density at radius 3 is 2.45 bits per heavy atom. The average molecular weight is 307 g/mol. The predicted octanol–water partition coefficient (Wildman–Crippen LogP) is 5.05. The van der Waals surface area contributed by atoms with Gasteiger partial charge in [-0.05, 0) is 47.6 Å². The first-order chi connectivity index (χ1) is 12.9. The van der Waals surface area contributed by atoms with Crippen molar-refractivity contribution < 1.29 is 18.6 Å². The topological polar surface area (TPSA) is 3.88 Å². The van der Waals surface area contributed by atoms with Crippen molar-refractivity contribution in [1.82, 2.24) is 0 Å². The van der Waals surface area contributed by atoms with Crippen molar-refractivity contribution in [3.63, 3.8) is 0 Å². The lowest BCUT2D eigenvalue weighted by molar-refractivity contribution is -0.661. The third-order valence-corrected chi connectivity index (χ3v) is 3.82. The van der Waals surface area contributed by atoms with E-state index in [2.05, 4.69) is 0 Å². The number of rotatable bonds is 2. The summed E-state index contributed by atoms with van der Waals surface area (Å²) < 4.78 is 71.0. The summed E-state index contributed by atoms with van der Waals surface area (Å²) in [6.45, 7) is 1.14. The maximum Gasteiger partial charge on any atom is 0.212 e. The molecule has 0 fully saturated rings. The number of pyridine rings is 1. The van der Waals surface area contributed by atoms with Gasteiger partial charge in [-0.15, -0.1) is 0 Å². The first-order valence-corrected chi connectivity index (χ1v) is 7.22. The van der Waals surface area contributed by atoms with Gasteiger partial charge in [-0.2, -0.15) is 0 Å². The molecular weight excluding hydrogens is 273 g/mol. The summed E-state index contributed by atoms with van der Waals surface area (Å²) in [5.41, 5.74) is 1.87. The molecule has 2 heteroatoms. The van der Waals surface area contributed by atoms with Gasteiger partial charge in [-0.3, -0.25) is 0 Å². The molecule has 0 unspecified atom stereocenters. The van der Waals surface area contributed by atoms with E-state index in [9.17, 15) is 4.39 Å². The SMILES string of the molecule is [2H]C([2H])([2H])C([2H])(c1c[n+](C)c(-c2ccc(F)cc2C)cc1C(C)(C)C)C([2H])([2H])[2H]. The summed E-state index contributed by atoms with van der Waals surface area (Å²) in [6, 6.07) is 6.09. The number of halogens is 1. The van der Waals surface area contributed by atoms with Gasteiger partial charge >= 0.3 is 0 Å². The lowest BCUT2D eigenvalue weighted by atomic mass is 9.80. The summed E-state index contributed by atoms with van der Waals surface area (Å²) >= 11 is 0. The van der Waals surface area contributed by atoms with Gasteiger partial charge in [0.05, 0.1) is 0 Å². The van der Waals surface area contributed by atoms with Gasteiger partial charge in [-0.1, -0.05) is 34.5 Å². The van der Waals surface area contributed by atoms with Gasteiger partial charge in [-0.25, -0.2) is 8.96 Å². The molecular formula is C20H27FN+. The monoisotopic (exact) mass is 307 g/mol. The molecule has 0 saturated heterocycles. The number of hydrogen-bond acceptors (Lipinski definition) is 0. The van der Waals surface area contributed by atoms with E-state index < -0.39 is 25.0 Å². The number of nitrogens with zero attached hydrogens (tertiary/aromatic N) is 1. The van der Waals surface area contributed by atoms with Crippen molar-refractivity contribution in [2.45, 2.75) is 52.7 Å².